The number of nitrogens with one attached hydrogen (secondary N) is 1. The Morgan fingerprint density at radius 1 is 1.00 bits per heavy atom. The van der Waals surface area contributed by atoms with Crippen LogP contribution in [0.15, 0.2) is 82.7 Å². The summed E-state index contributed by atoms with van der Waals surface area (Å²) in [6.45, 7) is 0.344. The number of amides is 1. The molecule has 0 unspecified atom stereocenters. The van der Waals surface area contributed by atoms with Crippen LogP contribution in [-0.4, -0.2) is 35.4 Å². The normalized spacial score (nSPS) is 10.7. The summed E-state index contributed by atoms with van der Waals surface area (Å²) in [7, 11) is 3.17. The molecule has 4 rings (SSSR count). The van der Waals surface area contributed by atoms with E-state index in [1.165, 1.54) is 16.3 Å². The Hall–Kier alpha value is -3.78. The zero-order valence-corrected chi connectivity index (χ0v) is 19.1. The molecule has 8 heteroatoms. The topological polar surface area (TPSA) is 82.4 Å². The van der Waals surface area contributed by atoms with Gasteiger partial charge in [0.05, 0.1) is 36.6 Å². The van der Waals surface area contributed by atoms with Crippen LogP contribution in [0.25, 0.3) is 16.6 Å². The summed E-state index contributed by atoms with van der Waals surface area (Å²) in [6, 6.07) is 21.9. The SMILES string of the molecule is COc1cccc(-n2c(SCC(=O)NCc3ccccc3OC)nc3ccccc3c2=O)c1. The van der Waals surface area contributed by atoms with Crippen LogP contribution in [0.4, 0.5) is 0 Å². The molecule has 0 aliphatic rings. The Kier molecular flexibility index (Phi) is 6.95. The molecule has 0 aliphatic carbocycles. The molecule has 1 amide bonds. The maximum atomic E-state index is 13.3. The Labute approximate surface area is 195 Å². The van der Waals surface area contributed by atoms with Gasteiger partial charge in [-0.2, -0.15) is 0 Å². The van der Waals surface area contributed by atoms with Crippen molar-refractivity contribution in [2.75, 3.05) is 20.0 Å². The number of carbonyl (C=O) groups excluding carboxylic acids is 1. The monoisotopic (exact) mass is 461 g/mol. The van der Waals surface area contributed by atoms with Gasteiger partial charge in [-0.3, -0.25) is 14.2 Å². The first kappa shape index (κ1) is 22.4. The van der Waals surface area contributed by atoms with E-state index in [-0.39, 0.29) is 17.2 Å². The molecule has 7 nitrogen and oxygen atoms in total. The van der Waals surface area contributed by atoms with Gasteiger partial charge in [-0.25, -0.2) is 4.98 Å². The Balaban J connectivity index is 1.60. The smallest absolute Gasteiger partial charge is 0.266 e. The number of hydrogen-bond acceptors (Lipinski definition) is 6. The van der Waals surface area contributed by atoms with Crippen LogP contribution in [0.5, 0.6) is 11.5 Å². The third-order valence-electron chi connectivity index (χ3n) is 5.06. The fourth-order valence-electron chi connectivity index (χ4n) is 3.41. The van der Waals surface area contributed by atoms with E-state index < -0.39 is 0 Å². The van der Waals surface area contributed by atoms with Crippen molar-refractivity contribution in [2.24, 2.45) is 0 Å². The summed E-state index contributed by atoms with van der Waals surface area (Å²) in [5.41, 5.74) is 1.88. The molecule has 0 saturated carbocycles. The van der Waals surface area contributed by atoms with E-state index in [0.717, 1.165) is 5.56 Å². The maximum absolute atomic E-state index is 13.3. The van der Waals surface area contributed by atoms with Gasteiger partial charge >= 0.3 is 0 Å². The van der Waals surface area contributed by atoms with Gasteiger partial charge in [0.2, 0.25) is 5.91 Å². The number of rotatable bonds is 8. The first-order valence-corrected chi connectivity index (χ1v) is 11.3. The van der Waals surface area contributed by atoms with Crippen molar-refractivity contribution < 1.29 is 14.3 Å². The van der Waals surface area contributed by atoms with E-state index in [0.29, 0.717) is 39.8 Å². The number of ether oxygens (including phenoxy) is 2. The molecule has 1 N–H and O–H groups in total. The van der Waals surface area contributed by atoms with Crippen molar-refractivity contribution in [1.82, 2.24) is 14.9 Å². The van der Waals surface area contributed by atoms with Crippen molar-refractivity contribution in [3.63, 3.8) is 0 Å². The standard InChI is InChI=1S/C25H23N3O4S/c1-31-19-10-7-9-18(14-19)28-24(30)20-11-4-5-12-21(20)27-25(28)33-16-23(29)26-15-17-8-3-6-13-22(17)32-2/h3-14H,15-16H2,1-2H3,(H,26,29). The van der Waals surface area contributed by atoms with Gasteiger partial charge in [0.1, 0.15) is 11.5 Å². The fourth-order valence-corrected chi connectivity index (χ4v) is 4.25. The van der Waals surface area contributed by atoms with Crippen molar-refractivity contribution in [1.29, 1.82) is 0 Å². The number of hydrogen-bond donors (Lipinski definition) is 1. The van der Waals surface area contributed by atoms with Crippen molar-refractivity contribution in [2.45, 2.75) is 11.7 Å². The number of fused-ring (bicyclic) bond motifs is 1. The second kappa shape index (κ2) is 10.2. The third-order valence-corrected chi connectivity index (χ3v) is 6.00. The van der Waals surface area contributed by atoms with Crippen LogP contribution < -0.4 is 20.3 Å². The molecule has 1 aromatic heterocycles. The summed E-state index contributed by atoms with van der Waals surface area (Å²) in [5.74, 6) is 1.27. The van der Waals surface area contributed by atoms with Gasteiger partial charge in [-0.1, -0.05) is 48.2 Å². The van der Waals surface area contributed by atoms with E-state index in [9.17, 15) is 9.59 Å². The molecule has 0 saturated heterocycles. The summed E-state index contributed by atoms with van der Waals surface area (Å²) >= 11 is 1.21. The molecule has 4 aromatic rings. The van der Waals surface area contributed by atoms with Crippen molar-refractivity contribution in [3.05, 3.63) is 88.7 Å². The quantitative estimate of drug-likeness (QED) is 0.317. The number of benzene rings is 3. The highest BCUT2D eigenvalue weighted by atomic mass is 32.2. The van der Waals surface area contributed by atoms with E-state index in [1.807, 2.05) is 42.5 Å². The highest BCUT2D eigenvalue weighted by Crippen LogP contribution is 2.24. The zero-order valence-electron chi connectivity index (χ0n) is 18.3. The molecular formula is C25H23N3O4S. The van der Waals surface area contributed by atoms with E-state index in [4.69, 9.17) is 9.47 Å². The third kappa shape index (κ3) is 5.01. The predicted molar refractivity (Wildman–Crippen MR) is 129 cm³/mol. The molecule has 1 heterocycles. The lowest BCUT2D eigenvalue weighted by Crippen LogP contribution is -2.26. The molecule has 0 fully saturated rings. The number of aromatic nitrogens is 2. The van der Waals surface area contributed by atoms with Crippen LogP contribution in [0.2, 0.25) is 0 Å². The number of para-hydroxylation sites is 2. The molecule has 3 aromatic carbocycles. The Morgan fingerprint density at radius 2 is 1.79 bits per heavy atom. The van der Waals surface area contributed by atoms with Gasteiger partial charge in [0.15, 0.2) is 5.16 Å². The highest BCUT2D eigenvalue weighted by Gasteiger charge is 2.15. The average Bonchev–Trinajstić information content (AvgIpc) is 2.86. The molecule has 0 bridgehead atoms. The van der Waals surface area contributed by atoms with Crippen molar-refractivity contribution >= 4 is 28.6 Å². The average molecular weight is 462 g/mol. The van der Waals surface area contributed by atoms with E-state index in [1.54, 1.807) is 44.6 Å². The maximum Gasteiger partial charge on any atom is 0.266 e. The molecule has 0 aliphatic heterocycles. The van der Waals surface area contributed by atoms with Crippen molar-refractivity contribution in [3.8, 4) is 17.2 Å². The largest absolute Gasteiger partial charge is 0.497 e. The van der Waals surface area contributed by atoms with Gasteiger partial charge in [-0.05, 0) is 30.3 Å². The van der Waals surface area contributed by atoms with E-state index >= 15 is 0 Å². The van der Waals surface area contributed by atoms with Gasteiger partial charge in [-0.15, -0.1) is 0 Å². The summed E-state index contributed by atoms with van der Waals surface area (Å²) in [6.07, 6.45) is 0. The minimum absolute atomic E-state index is 0.101. The molecule has 0 spiro atoms. The number of carbonyl (C=O) groups is 1. The summed E-state index contributed by atoms with van der Waals surface area (Å²) in [5, 5.41) is 3.83. The van der Waals surface area contributed by atoms with Gasteiger partial charge in [0.25, 0.3) is 5.56 Å². The van der Waals surface area contributed by atoms with Gasteiger partial charge < -0.3 is 14.8 Å². The lowest BCUT2D eigenvalue weighted by Gasteiger charge is -2.14. The lowest BCUT2D eigenvalue weighted by molar-refractivity contribution is -0.118. The highest BCUT2D eigenvalue weighted by molar-refractivity contribution is 7.99. The van der Waals surface area contributed by atoms with Crippen LogP contribution in [0, 0.1) is 0 Å². The van der Waals surface area contributed by atoms with Crippen LogP contribution in [-0.2, 0) is 11.3 Å². The van der Waals surface area contributed by atoms with Crippen LogP contribution >= 0.6 is 11.8 Å². The molecule has 0 atom stereocenters. The second-order valence-corrected chi connectivity index (χ2v) is 8.07. The number of thioether (sulfide) groups is 1. The Bertz CT molecular complexity index is 1350. The molecule has 168 valence electrons. The lowest BCUT2D eigenvalue weighted by atomic mass is 10.2. The number of nitrogens with zero attached hydrogens (tertiary/aromatic N) is 2. The first-order chi connectivity index (χ1) is 16.1. The van der Waals surface area contributed by atoms with Gasteiger partial charge in [0, 0.05) is 18.2 Å². The van der Waals surface area contributed by atoms with E-state index in [2.05, 4.69) is 10.3 Å². The molecule has 33 heavy (non-hydrogen) atoms. The summed E-state index contributed by atoms with van der Waals surface area (Å²) < 4.78 is 12.2. The summed E-state index contributed by atoms with van der Waals surface area (Å²) in [4.78, 5) is 30.6. The molecule has 0 radical (unpaired) electrons. The Morgan fingerprint density at radius 3 is 2.61 bits per heavy atom. The zero-order chi connectivity index (χ0) is 23.2. The van der Waals surface area contributed by atoms with Crippen LogP contribution in [0.3, 0.4) is 0 Å². The first-order valence-electron chi connectivity index (χ1n) is 10.3. The van der Waals surface area contributed by atoms with Crippen LogP contribution in [0.1, 0.15) is 5.56 Å². The number of methoxy groups -OCH3 is 2. The minimum Gasteiger partial charge on any atom is -0.497 e. The fraction of sp³-hybridized carbons (Fsp3) is 0.160. The minimum atomic E-state index is -0.203. The second-order valence-electron chi connectivity index (χ2n) is 7.13. The molecular weight excluding hydrogens is 438 g/mol. The predicted octanol–water partition coefficient (Wildman–Crippen LogP) is 3.81.